The van der Waals surface area contributed by atoms with Gasteiger partial charge in [-0.25, -0.2) is 0 Å². The molecule has 1 aliphatic heterocycles. The van der Waals surface area contributed by atoms with Crippen LogP contribution in [0, 0.1) is 6.92 Å². The number of rotatable bonds is 3. The van der Waals surface area contributed by atoms with E-state index in [0.29, 0.717) is 17.1 Å². The number of furan rings is 1. The summed E-state index contributed by atoms with van der Waals surface area (Å²) >= 11 is 0. The Labute approximate surface area is 158 Å². The van der Waals surface area contributed by atoms with Gasteiger partial charge in [0.2, 0.25) is 5.91 Å². The van der Waals surface area contributed by atoms with Crippen LogP contribution in [0.2, 0.25) is 0 Å². The Morgan fingerprint density at radius 3 is 2.26 bits per heavy atom. The molecule has 0 saturated heterocycles. The zero-order chi connectivity index (χ0) is 19.1. The Hall–Kier alpha value is -3.14. The van der Waals surface area contributed by atoms with Crippen LogP contribution in [0.25, 0.3) is 0 Å². The van der Waals surface area contributed by atoms with Crippen molar-refractivity contribution in [2.75, 3.05) is 4.90 Å². The van der Waals surface area contributed by atoms with E-state index in [0.717, 1.165) is 16.8 Å². The molecule has 0 aliphatic carbocycles. The molecule has 4 rings (SSSR count). The zero-order valence-corrected chi connectivity index (χ0v) is 15.6. The molecule has 3 aromatic rings. The monoisotopic (exact) mass is 359 g/mol. The number of carbonyl (C=O) groups excluding carboxylic acids is 2. The van der Waals surface area contributed by atoms with E-state index in [4.69, 9.17) is 4.42 Å². The molecule has 0 fully saturated rings. The van der Waals surface area contributed by atoms with Crippen molar-refractivity contribution in [1.82, 2.24) is 0 Å². The summed E-state index contributed by atoms with van der Waals surface area (Å²) in [5.74, 6) is 1.12. The number of Topliss-reactive ketones (excluding diaryl/α,β-unsaturated/α-hetero) is 1. The first kappa shape index (κ1) is 17.3. The maximum atomic E-state index is 12.6. The number of para-hydroxylation sites is 1. The van der Waals surface area contributed by atoms with Crippen LogP contribution in [-0.4, -0.2) is 11.7 Å². The van der Waals surface area contributed by atoms with Crippen LogP contribution < -0.4 is 4.90 Å². The van der Waals surface area contributed by atoms with Crippen LogP contribution in [-0.2, 0) is 4.79 Å². The SMILES string of the molecule is CC(=O)c1cc([C@H]2c3ccccc3N(C(C)=O)[C@H]2c2ccccc2)oc1C. The van der Waals surface area contributed by atoms with Crippen LogP contribution in [0.3, 0.4) is 0 Å². The van der Waals surface area contributed by atoms with Gasteiger partial charge in [-0.2, -0.15) is 0 Å². The summed E-state index contributed by atoms with van der Waals surface area (Å²) in [5.41, 5.74) is 3.55. The summed E-state index contributed by atoms with van der Waals surface area (Å²) in [6, 6.07) is 19.5. The molecule has 2 aromatic carbocycles. The fourth-order valence-electron chi connectivity index (χ4n) is 4.11. The second-order valence-corrected chi connectivity index (χ2v) is 6.96. The number of hydrogen-bond acceptors (Lipinski definition) is 3. The summed E-state index contributed by atoms with van der Waals surface area (Å²) in [5, 5.41) is 0. The smallest absolute Gasteiger partial charge is 0.224 e. The maximum absolute atomic E-state index is 12.6. The summed E-state index contributed by atoms with van der Waals surface area (Å²) in [4.78, 5) is 26.4. The van der Waals surface area contributed by atoms with Crippen LogP contribution >= 0.6 is 0 Å². The van der Waals surface area contributed by atoms with E-state index in [2.05, 4.69) is 0 Å². The third-order valence-electron chi connectivity index (χ3n) is 5.23. The molecular formula is C23H21NO3. The molecule has 1 aliphatic rings. The maximum Gasteiger partial charge on any atom is 0.224 e. The zero-order valence-electron chi connectivity index (χ0n) is 15.6. The Morgan fingerprint density at radius 2 is 1.63 bits per heavy atom. The number of nitrogens with zero attached hydrogens (tertiary/aromatic N) is 1. The van der Waals surface area contributed by atoms with Gasteiger partial charge in [-0.15, -0.1) is 0 Å². The second-order valence-electron chi connectivity index (χ2n) is 6.96. The minimum atomic E-state index is -0.216. The van der Waals surface area contributed by atoms with Gasteiger partial charge in [0.15, 0.2) is 5.78 Å². The second kappa shape index (κ2) is 6.54. The van der Waals surface area contributed by atoms with Crippen molar-refractivity contribution in [3.05, 3.63) is 88.9 Å². The largest absolute Gasteiger partial charge is 0.465 e. The van der Waals surface area contributed by atoms with Gasteiger partial charge < -0.3 is 9.32 Å². The van der Waals surface area contributed by atoms with Crippen molar-refractivity contribution in [3.8, 4) is 0 Å². The molecule has 27 heavy (non-hydrogen) atoms. The summed E-state index contributed by atoms with van der Waals surface area (Å²) < 4.78 is 6.04. The van der Waals surface area contributed by atoms with Gasteiger partial charge in [0, 0.05) is 12.6 Å². The van der Waals surface area contributed by atoms with E-state index in [-0.39, 0.29) is 23.7 Å². The lowest BCUT2D eigenvalue weighted by atomic mass is 9.88. The highest BCUT2D eigenvalue weighted by Crippen LogP contribution is 2.52. The lowest BCUT2D eigenvalue weighted by Gasteiger charge is -2.27. The molecule has 136 valence electrons. The first-order chi connectivity index (χ1) is 13.0. The highest BCUT2D eigenvalue weighted by Gasteiger charge is 2.43. The number of benzene rings is 2. The van der Waals surface area contributed by atoms with E-state index in [1.54, 1.807) is 20.8 Å². The fraction of sp³-hybridized carbons (Fsp3) is 0.217. The number of fused-ring (bicyclic) bond motifs is 1. The van der Waals surface area contributed by atoms with Crippen molar-refractivity contribution in [2.24, 2.45) is 0 Å². The predicted octanol–water partition coefficient (Wildman–Crippen LogP) is 5.03. The van der Waals surface area contributed by atoms with Gasteiger partial charge in [-0.05, 0) is 37.1 Å². The molecule has 4 nitrogen and oxygen atoms in total. The molecule has 0 unspecified atom stereocenters. The van der Waals surface area contributed by atoms with Crippen LogP contribution in [0.1, 0.15) is 58.8 Å². The van der Waals surface area contributed by atoms with E-state index >= 15 is 0 Å². The van der Waals surface area contributed by atoms with Gasteiger partial charge in [-0.3, -0.25) is 9.59 Å². The van der Waals surface area contributed by atoms with Crippen molar-refractivity contribution in [2.45, 2.75) is 32.7 Å². The highest BCUT2D eigenvalue weighted by atomic mass is 16.3. The van der Waals surface area contributed by atoms with Gasteiger partial charge in [0.05, 0.1) is 17.5 Å². The molecule has 4 heteroatoms. The standard InChI is InChI=1S/C23H21NO3/c1-14(25)19-13-21(27-15(19)2)22-18-11-7-8-12-20(18)24(16(3)26)23(22)17-9-5-4-6-10-17/h4-13,22-23H,1-3H3/t22-,23+/m1/s1. The third-order valence-corrected chi connectivity index (χ3v) is 5.23. The third kappa shape index (κ3) is 2.78. The lowest BCUT2D eigenvalue weighted by Crippen LogP contribution is -2.31. The number of carbonyl (C=O) groups is 2. The molecular weight excluding hydrogens is 338 g/mol. The molecule has 0 bridgehead atoms. The van der Waals surface area contributed by atoms with Crippen LogP contribution in [0.15, 0.2) is 65.1 Å². The Balaban J connectivity index is 1.95. The van der Waals surface area contributed by atoms with Gasteiger partial charge in [0.25, 0.3) is 0 Å². The quantitative estimate of drug-likeness (QED) is 0.616. The molecule has 0 radical (unpaired) electrons. The minimum absolute atomic E-state index is 0.0196. The molecule has 1 amide bonds. The lowest BCUT2D eigenvalue weighted by molar-refractivity contribution is -0.117. The summed E-state index contributed by atoms with van der Waals surface area (Å²) in [7, 11) is 0. The van der Waals surface area contributed by atoms with E-state index in [1.807, 2.05) is 65.6 Å². The molecule has 0 spiro atoms. The summed E-state index contributed by atoms with van der Waals surface area (Å²) in [6.45, 7) is 4.94. The first-order valence-electron chi connectivity index (χ1n) is 9.04. The molecule has 2 heterocycles. The van der Waals surface area contributed by atoms with Crippen molar-refractivity contribution < 1.29 is 14.0 Å². The first-order valence-corrected chi connectivity index (χ1v) is 9.04. The Kier molecular flexibility index (Phi) is 4.19. The molecule has 0 saturated carbocycles. The summed E-state index contributed by atoms with van der Waals surface area (Å²) in [6.07, 6.45) is 0. The van der Waals surface area contributed by atoms with Gasteiger partial charge >= 0.3 is 0 Å². The van der Waals surface area contributed by atoms with Crippen molar-refractivity contribution >= 4 is 17.4 Å². The molecule has 1 aromatic heterocycles. The van der Waals surface area contributed by atoms with Crippen molar-refractivity contribution in [3.63, 3.8) is 0 Å². The average molecular weight is 359 g/mol. The van der Waals surface area contributed by atoms with E-state index in [1.165, 1.54) is 0 Å². The number of aryl methyl sites for hydroxylation is 1. The number of amides is 1. The van der Waals surface area contributed by atoms with Crippen molar-refractivity contribution in [1.29, 1.82) is 0 Å². The molecule has 2 atom stereocenters. The fourth-order valence-corrected chi connectivity index (χ4v) is 4.11. The topological polar surface area (TPSA) is 50.5 Å². The Bertz CT molecular complexity index is 1020. The predicted molar refractivity (Wildman–Crippen MR) is 104 cm³/mol. The Morgan fingerprint density at radius 1 is 0.963 bits per heavy atom. The van der Waals surface area contributed by atoms with Gasteiger partial charge in [-0.1, -0.05) is 48.5 Å². The highest BCUT2D eigenvalue weighted by molar-refractivity contribution is 5.97. The number of anilines is 1. The normalized spacial score (nSPS) is 18.4. The average Bonchev–Trinajstić information content (AvgIpc) is 3.20. The van der Waals surface area contributed by atoms with Crippen LogP contribution in [0.5, 0.6) is 0 Å². The minimum Gasteiger partial charge on any atom is -0.465 e. The number of hydrogen-bond donors (Lipinski definition) is 0. The van der Waals surface area contributed by atoms with E-state index in [9.17, 15) is 9.59 Å². The van der Waals surface area contributed by atoms with E-state index < -0.39 is 0 Å². The molecule has 0 N–H and O–H groups in total. The van der Waals surface area contributed by atoms with Crippen LogP contribution in [0.4, 0.5) is 5.69 Å². The number of ketones is 1. The van der Waals surface area contributed by atoms with Gasteiger partial charge in [0.1, 0.15) is 11.5 Å².